The van der Waals surface area contributed by atoms with E-state index in [1.54, 1.807) is 17.0 Å². The zero-order chi connectivity index (χ0) is 25.0. The third-order valence-electron chi connectivity index (χ3n) is 4.92. The summed E-state index contributed by atoms with van der Waals surface area (Å²) in [6.07, 6.45) is 0.846. The summed E-state index contributed by atoms with van der Waals surface area (Å²) in [5.74, 6) is -1.25. The number of benzene rings is 1. The number of likely N-dealkylation sites (N-methyl/N-ethyl adjacent to an activating group) is 1. The number of amides is 3. The lowest BCUT2D eigenvalue weighted by atomic mass is 10.0. The number of guanidine groups is 1. The Labute approximate surface area is 192 Å². The Kier molecular flexibility index (Phi) is 11.3. The van der Waals surface area contributed by atoms with Crippen LogP contribution < -0.4 is 22.1 Å². The zero-order valence-electron chi connectivity index (χ0n) is 19.2. The molecule has 0 aliphatic heterocycles. The van der Waals surface area contributed by atoms with E-state index in [4.69, 9.17) is 11.5 Å². The van der Waals surface area contributed by atoms with Crippen LogP contribution in [0.5, 0.6) is 0 Å². The highest BCUT2D eigenvalue weighted by Crippen LogP contribution is 2.14. The van der Waals surface area contributed by atoms with Crippen LogP contribution in [0.1, 0.15) is 39.2 Å². The zero-order valence-corrected chi connectivity index (χ0v) is 19.2. The van der Waals surface area contributed by atoms with Crippen molar-refractivity contribution < 1.29 is 19.3 Å². The number of hydrogen-bond acceptors (Lipinski definition) is 6. The molecule has 0 saturated heterocycles. The molecule has 2 atom stereocenters. The molecule has 182 valence electrons. The smallest absolute Gasteiger partial charge is 0.269 e. The molecule has 12 nitrogen and oxygen atoms in total. The van der Waals surface area contributed by atoms with Crippen molar-refractivity contribution in [3.63, 3.8) is 0 Å². The molecular weight excluding hydrogens is 430 g/mol. The number of aliphatic imine (C=N–C) groups is 1. The van der Waals surface area contributed by atoms with Crippen LogP contribution in [0, 0.1) is 10.1 Å². The molecule has 0 spiro atoms. The van der Waals surface area contributed by atoms with E-state index in [0.29, 0.717) is 25.1 Å². The molecule has 0 heterocycles. The van der Waals surface area contributed by atoms with Crippen molar-refractivity contribution in [2.45, 2.75) is 52.1 Å². The van der Waals surface area contributed by atoms with Crippen LogP contribution in [0.15, 0.2) is 29.3 Å². The SMILES string of the molecule is CCN(CC)C(=O)[C@H](Cc1ccc([N+](=O)[O-])cc1)NC(=O)[C@H](CCCN=C(N)N)NC(C)=O. The van der Waals surface area contributed by atoms with E-state index in [1.807, 2.05) is 13.8 Å². The number of nitrogens with two attached hydrogens (primary N) is 2. The van der Waals surface area contributed by atoms with Gasteiger partial charge >= 0.3 is 0 Å². The van der Waals surface area contributed by atoms with Gasteiger partial charge in [-0.2, -0.15) is 0 Å². The minimum atomic E-state index is -0.909. The Hall–Kier alpha value is -3.70. The first-order valence-corrected chi connectivity index (χ1v) is 10.7. The van der Waals surface area contributed by atoms with Crippen molar-refractivity contribution in [3.8, 4) is 0 Å². The van der Waals surface area contributed by atoms with Gasteiger partial charge in [0.1, 0.15) is 12.1 Å². The molecule has 6 N–H and O–H groups in total. The largest absolute Gasteiger partial charge is 0.370 e. The quantitative estimate of drug-likeness (QED) is 0.105. The van der Waals surface area contributed by atoms with Gasteiger partial charge in [0, 0.05) is 45.1 Å². The average molecular weight is 464 g/mol. The second-order valence-corrected chi connectivity index (χ2v) is 7.40. The summed E-state index contributed by atoms with van der Waals surface area (Å²) in [6.45, 7) is 6.15. The van der Waals surface area contributed by atoms with Gasteiger partial charge in [0.2, 0.25) is 17.7 Å². The molecule has 1 rings (SSSR count). The number of nitrogens with one attached hydrogen (secondary N) is 2. The Bertz CT molecular complexity index is 849. The van der Waals surface area contributed by atoms with Gasteiger partial charge in [-0.3, -0.25) is 29.5 Å². The average Bonchev–Trinajstić information content (AvgIpc) is 2.76. The standard InChI is InChI=1S/C21H33N7O5/c1-4-27(5-2)20(31)18(13-15-8-10-16(11-9-15)28(32)33)26-19(30)17(25-14(3)29)7-6-12-24-21(22)23/h8-11,17-18H,4-7,12-13H2,1-3H3,(H,25,29)(H,26,30)(H4,22,23,24)/t17-,18-/m0/s1. The van der Waals surface area contributed by atoms with Gasteiger partial charge in [-0.15, -0.1) is 0 Å². The lowest BCUT2D eigenvalue weighted by molar-refractivity contribution is -0.384. The highest BCUT2D eigenvalue weighted by Gasteiger charge is 2.28. The van der Waals surface area contributed by atoms with Crippen molar-refractivity contribution in [1.82, 2.24) is 15.5 Å². The molecule has 0 radical (unpaired) electrons. The van der Waals surface area contributed by atoms with Crippen LogP contribution in [-0.2, 0) is 20.8 Å². The van der Waals surface area contributed by atoms with Crippen LogP contribution in [0.4, 0.5) is 5.69 Å². The van der Waals surface area contributed by atoms with Gasteiger partial charge < -0.3 is 27.0 Å². The van der Waals surface area contributed by atoms with Crippen molar-refractivity contribution in [1.29, 1.82) is 0 Å². The van der Waals surface area contributed by atoms with Crippen LogP contribution in [0.3, 0.4) is 0 Å². The first kappa shape index (κ1) is 27.3. The van der Waals surface area contributed by atoms with E-state index < -0.39 is 22.9 Å². The molecule has 12 heteroatoms. The summed E-state index contributed by atoms with van der Waals surface area (Å²) < 4.78 is 0. The molecule has 0 fully saturated rings. The number of nitrogens with zero attached hydrogens (tertiary/aromatic N) is 3. The molecule has 0 aliphatic rings. The number of carbonyl (C=O) groups excluding carboxylic acids is 3. The number of non-ortho nitro benzene ring substituents is 1. The Morgan fingerprint density at radius 1 is 1.09 bits per heavy atom. The van der Waals surface area contributed by atoms with Crippen LogP contribution >= 0.6 is 0 Å². The molecule has 1 aromatic rings. The van der Waals surface area contributed by atoms with Crippen molar-refractivity contribution in [2.75, 3.05) is 19.6 Å². The molecule has 0 bridgehead atoms. The van der Waals surface area contributed by atoms with Crippen molar-refractivity contribution >= 4 is 29.4 Å². The van der Waals surface area contributed by atoms with Gasteiger partial charge in [0.05, 0.1) is 4.92 Å². The van der Waals surface area contributed by atoms with E-state index in [0.717, 1.165) is 0 Å². The topological polar surface area (TPSA) is 186 Å². The van der Waals surface area contributed by atoms with E-state index in [9.17, 15) is 24.5 Å². The third kappa shape index (κ3) is 9.54. The fourth-order valence-corrected chi connectivity index (χ4v) is 3.24. The molecule has 33 heavy (non-hydrogen) atoms. The number of carbonyl (C=O) groups is 3. The maximum atomic E-state index is 13.1. The second kappa shape index (κ2) is 13.7. The third-order valence-corrected chi connectivity index (χ3v) is 4.92. The second-order valence-electron chi connectivity index (χ2n) is 7.40. The van der Waals surface area contributed by atoms with Crippen LogP contribution in [0.2, 0.25) is 0 Å². The highest BCUT2D eigenvalue weighted by molar-refractivity contribution is 5.92. The van der Waals surface area contributed by atoms with E-state index in [2.05, 4.69) is 15.6 Å². The molecule has 0 aromatic heterocycles. The lowest BCUT2D eigenvalue weighted by Crippen LogP contribution is -2.55. The van der Waals surface area contributed by atoms with Crippen LogP contribution in [0.25, 0.3) is 0 Å². The predicted octanol–water partition coefficient (Wildman–Crippen LogP) is 0.0488. The minimum absolute atomic E-state index is 0.0662. The minimum Gasteiger partial charge on any atom is -0.370 e. The lowest BCUT2D eigenvalue weighted by Gasteiger charge is -2.27. The summed E-state index contributed by atoms with van der Waals surface area (Å²) in [6, 6.07) is 4.01. The number of hydrogen-bond donors (Lipinski definition) is 4. The Morgan fingerprint density at radius 2 is 1.70 bits per heavy atom. The maximum absolute atomic E-state index is 13.1. The molecule has 3 amide bonds. The highest BCUT2D eigenvalue weighted by atomic mass is 16.6. The van der Waals surface area contributed by atoms with Gasteiger partial charge in [-0.1, -0.05) is 12.1 Å². The summed E-state index contributed by atoms with van der Waals surface area (Å²) in [5, 5.41) is 16.2. The molecular formula is C21H33N7O5. The predicted molar refractivity (Wildman–Crippen MR) is 124 cm³/mol. The first-order valence-electron chi connectivity index (χ1n) is 10.7. The van der Waals surface area contributed by atoms with E-state index in [1.165, 1.54) is 19.1 Å². The number of rotatable bonds is 13. The van der Waals surface area contributed by atoms with E-state index >= 15 is 0 Å². The van der Waals surface area contributed by atoms with Gasteiger partial charge in [0.15, 0.2) is 5.96 Å². The van der Waals surface area contributed by atoms with Crippen molar-refractivity contribution in [2.24, 2.45) is 16.5 Å². The fourth-order valence-electron chi connectivity index (χ4n) is 3.24. The van der Waals surface area contributed by atoms with Crippen LogP contribution in [-0.4, -0.2) is 65.2 Å². The Morgan fingerprint density at radius 3 is 2.18 bits per heavy atom. The normalized spacial score (nSPS) is 12.2. The first-order chi connectivity index (χ1) is 15.6. The number of nitro benzene ring substituents is 1. The van der Waals surface area contributed by atoms with Gasteiger partial charge in [-0.05, 0) is 32.3 Å². The van der Waals surface area contributed by atoms with Gasteiger partial charge in [-0.25, -0.2) is 0 Å². The molecule has 0 saturated carbocycles. The monoisotopic (exact) mass is 463 g/mol. The summed E-state index contributed by atoms with van der Waals surface area (Å²) in [7, 11) is 0. The molecule has 1 aromatic carbocycles. The van der Waals surface area contributed by atoms with Crippen molar-refractivity contribution in [3.05, 3.63) is 39.9 Å². The summed E-state index contributed by atoms with van der Waals surface area (Å²) >= 11 is 0. The summed E-state index contributed by atoms with van der Waals surface area (Å²) in [5.41, 5.74) is 11.2. The molecule has 0 aliphatic carbocycles. The number of nitro groups is 1. The Balaban J connectivity index is 3.05. The fraction of sp³-hybridized carbons (Fsp3) is 0.524. The maximum Gasteiger partial charge on any atom is 0.269 e. The summed E-state index contributed by atoms with van der Waals surface area (Å²) in [4.78, 5) is 53.5. The van der Waals surface area contributed by atoms with Gasteiger partial charge in [0.25, 0.3) is 5.69 Å². The van der Waals surface area contributed by atoms with E-state index in [-0.39, 0.29) is 42.8 Å². The molecule has 0 unspecified atom stereocenters.